The van der Waals surface area contributed by atoms with Crippen molar-refractivity contribution in [3.63, 3.8) is 0 Å². The molecule has 0 aromatic carbocycles. The Hall–Kier alpha value is -0.640. The van der Waals surface area contributed by atoms with Crippen molar-refractivity contribution in [3.8, 4) is 0 Å². The third-order valence-corrected chi connectivity index (χ3v) is 2.89. The summed E-state index contributed by atoms with van der Waals surface area (Å²) in [4.78, 5) is 11.9. The Balaban J connectivity index is 2.49. The van der Waals surface area contributed by atoms with E-state index in [1.807, 2.05) is 6.08 Å². The number of nitrogens with two attached hydrogens (primary N) is 1. The zero-order valence-electron chi connectivity index (χ0n) is 6.70. The second kappa shape index (κ2) is 3.17. The lowest BCUT2D eigenvalue weighted by Gasteiger charge is -2.12. The van der Waals surface area contributed by atoms with Crippen molar-refractivity contribution >= 4 is 18.0 Å². The van der Waals surface area contributed by atoms with Gasteiger partial charge in [0.25, 0.3) is 0 Å². The van der Waals surface area contributed by atoms with Crippen LogP contribution in [0.25, 0.3) is 0 Å². The molecule has 1 rings (SSSR count). The monoisotopic (exact) mass is 172 g/mol. The lowest BCUT2D eigenvalue weighted by molar-refractivity contribution is 0.237. The highest BCUT2D eigenvalue weighted by atomic mass is 32.2. The third kappa shape index (κ3) is 1.89. The van der Waals surface area contributed by atoms with Crippen molar-refractivity contribution in [1.82, 2.24) is 4.31 Å². The number of rotatable bonds is 1. The molecule has 0 aromatic heterocycles. The van der Waals surface area contributed by atoms with E-state index in [2.05, 4.69) is 13.8 Å². The first-order valence-corrected chi connectivity index (χ1v) is 4.33. The molecule has 0 unspecified atom stereocenters. The molecule has 0 fully saturated rings. The predicted octanol–water partition coefficient (Wildman–Crippen LogP) is 1.57. The number of carbonyl (C=O) groups excluding carboxylic acids is 1. The molecule has 1 heterocycles. The van der Waals surface area contributed by atoms with Crippen LogP contribution in [0.4, 0.5) is 4.79 Å². The first-order chi connectivity index (χ1) is 5.11. The molecule has 1 aliphatic rings. The predicted molar refractivity (Wildman–Crippen MR) is 46.8 cm³/mol. The minimum absolute atomic E-state index is 0.359. The Morgan fingerprint density at radius 3 is 2.73 bits per heavy atom. The molecule has 11 heavy (non-hydrogen) atoms. The van der Waals surface area contributed by atoms with E-state index in [0.717, 1.165) is 0 Å². The van der Waals surface area contributed by atoms with Gasteiger partial charge < -0.3 is 5.73 Å². The smallest absolute Gasteiger partial charge is 0.325 e. The van der Waals surface area contributed by atoms with Gasteiger partial charge in [-0.2, -0.15) is 0 Å². The minimum atomic E-state index is -0.359. The minimum Gasteiger partial charge on any atom is -0.351 e. The van der Waals surface area contributed by atoms with Crippen LogP contribution in [0.3, 0.4) is 0 Å². The molecule has 2 N–H and O–H groups in total. The fourth-order valence-corrected chi connectivity index (χ4v) is 1.70. The fraction of sp³-hybridized carbons (Fsp3) is 0.571. The van der Waals surface area contributed by atoms with Crippen LogP contribution in [-0.4, -0.2) is 16.9 Å². The van der Waals surface area contributed by atoms with E-state index in [4.69, 9.17) is 5.73 Å². The Labute approximate surface area is 70.8 Å². The van der Waals surface area contributed by atoms with Gasteiger partial charge in [-0.15, -0.1) is 0 Å². The molecule has 3 nitrogen and oxygen atoms in total. The Kier molecular flexibility index (Phi) is 2.44. The summed E-state index contributed by atoms with van der Waals surface area (Å²) in [6.07, 6.45) is 2.04. The summed E-state index contributed by atoms with van der Waals surface area (Å²) < 4.78 is 1.55. The maximum absolute atomic E-state index is 10.7. The molecule has 62 valence electrons. The number of nitrogens with zero attached hydrogens (tertiary/aromatic N) is 1. The average Bonchev–Trinajstić information content (AvgIpc) is 2.33. The number of hydrogen-bond acceptors (Lipinski definition) is 2. The van der Waals surface area contributed by atoms with Crippen molar-refractivity contribution in [1.29, 1.82) is 0 Å². The summed E-state index contributed by atoms with van der Waals surface area (Å²) in [6, 6.07) is -0.359. The highest BCUT2D eigenvalue weighted by molar-refractivity contribution is 8.01. The summed E-state index contributed by atoms with van der Waals surface area (Å²) in [6.45, 7) is 4.85. The Bertz CT molecular complexity index is 201. The van der Waals surface area contributed by atoms with Gasteiger partial charge in [0, 0.05) is 4.91 Å². The lowest BCUT2D eigenvalue weighted by atomic mass is 10.2. The molecule has 0 aliphatic carbocycles. The summed E-state index contributed by atoms with van der Waals surface area (Å²) in [5.41, 5.74) is 5.09. The molecule has 0 saturated heterocycles. The SMILES string of the molecule is CC(C)C1=CCN(C(N)=O)S1. The van der Waals surface area contributed by atoms with Gasteiger partial charge in [-0.05, 0) is 17.9 Å². The standard InChI is InChI=1S/C7H12N2OS/c1-5(2)6-3-4-9(11-6)7(8)10/h3,5H,4H2,1-2H3,(H2,8,10). The van der Waals surface area contributed by atoms with Crippen molar-refractivity contribution in [3.05, 3.63) is 11.0 Å². The van der Waals surface area contributed by atoms with Gasteiger partial charge >= 0.3 is 6.03 Å². The van der Waals surface area contributed by atoms with E-state index in [0.29, 0.717) is 12.5 Å². The number of carbonyl (C=O) groups is 1. The van der Waals surface area contributed by atoms with Gasteiger partial charge in [0.1, 0.15) is 0 Å². The Morgan fingerprint density at radius 2 is 2.45 bits per heavy atom. The molecule has 0 atom stereocenters. The zero-order chi connectivity index (χ0) is 8.43. The van der Waals surface area contributed by atoms with Gasteiger partial charge in [-0.25, -0.2) is 4.79 Å². The van der Waals surface area contributed by atoms with Crippen LogP contribution in [0, 0.1) is 5.92 Å². The van der Waals surface area contributed by atoms with E-state index < -0.39 is 0 Å². The van der Waals surface area contributed by atoms with Gasteiger partial charge in [0.05, 0.1) is 6.54 Å². The number of primary amides is 1. The zero-order valence-corrected chi connectivity index (χ0v) is 7.52. The van der Waals surface area contributed by atoms with Crippen LogP contribution in [0.1, 0.15) is 13.8 Å². The molecule has 0 saturated carbocycles. The first-order valence-electron chi connectivity index (χ1n) is 3.56. The van der Waals surface area contributed by atoms with E-state index in [-0.39, 0.29) is 6.03 Å². The third-order valence-electron chi connectivity index (χ3n) is 1.49. The molecule has 0 radical (unpaired) electrons. The second-order valence-electron chi connectivity index (χ2n) is 2.75. The van der Waals surface area contributed by atoms with Gasteiger partial charge in [-0.1, -0.05) is 19.9 Å². The maximum Gasteiger partial charge on any atom is 0.325 e. The van der Waals surface area contributed by atoms with Crippen LogP contribution in [0.15, 0.2) is 11.0 Å². The number of allylic oxidation sites excluding steroid dienone is 1. The summed E-state index contributed by atoms with van der Waals surface area (Å²) in [5.74, 6) is 0.490. The highest BCUT2D eigenvalue weighted by Crippen LogP contribution is 2.32. The number of hydrogen-bond donors (Lipinski definition) is 1. The van der Waals surface area contributed by atoms with Crippen LogP contribution in [0.2, 0.25) is 0 Å². The van der Waals surface area contributed by atoms with E-state index >= 15 is 0 Å². The normalized spacial score (nSPS) is 17.4. The number of urea groups is 1. The van der Waals surface area contributed by atoms with Crippen LogP contribution in [0.5, 0.6) is 0 Å². The molecular formula is C7H12N2OS. The molecule has 0 bridgehead atoms. The van der Waals surface area contributed by atoms with E-state index in [1.165, 1.54) is 16.9 Å². The largest absolute Gasteiger partial charge is 0.351 e. The molecule has 1 aliphatic heterocycles. The van der Waals surface area contributed by atoms with Gasteiger partial charge in [-0.3, -0.25) is 4.31 Å². The van der Waals surface area contributed by atoms with Crippen LogP contribution < -0.4 is 5.73 Å². The van der Waals surface area contributed by atoms with Gasteiger partial charge in [0.15, 0.2) is 0 Å². The Morgan fingerprint density at radius 1 is 1.82 bits per heavy atom. The molecule has 0 spiro atoms. The van der Waals surface area contributed by atoms with Crippen molar-refractivity contribution in [2.75, 3.05) is 6.54 Å². The van der Waals surface area contributed by atoms with E-state index in [1.54, 1.807) is 4.31 Å². The van der Waals surface area contributed by atoms with Crippen molar-refractivity contribution < 1.29 is 4.79 Å². The molecule has 0 aromatic rings. The summed E-state index contributed by atoms with van der Waals surface area (Å²) >= 11 is 1.45. The highest BCUT2D eigenvalue weighted by Gasteiger charge is 2.19. The maximum atomic E-state index is 10.7. The summed E-state index contributed by atoms with van der Waals surface area (Å²) in [7, 11) is 0. The topological polar surface area (TPSA) is 46.3 Å². The molecular weight excluding hydrogens is 160 g/mol. The quantitative estimate of drug-likeness (QED) is 0.610. The second-order valence-corrected chi connectivity index (χ2v) is 3.85. The van der Waals surface area contributed by atoms with E-state index in [9.17, 15) is 4.79 Å². The summed E-state index contributed by atoms with van der Waals surface area (Å²) in [5, 5.41) is 0. The van der Waals surface area contributed by atoms with Crippen molar-refractivity contribution in [2.45, 2.75) is 13.8 Å². The first kappa shape index (κ1) is 8.46. The van der Waals surface area contributed by atoms with Crippen LogP contribution >= 0.6 is 11.9 Å². The number of amides is 2. The van der Waals surface area contributed by atoms with Gasteiger partial charge in [0.2, 0.25) is 0 Å². The lowest BCUT2D eigenvalue weighted by Crippen LogP contribution is -2.27. The molecule has 4 heteroatoms. The van der Waals surface area contributed by atoms with Crippen molar-refractivity contribution in [2.24, 2.45) is 11.7 Å². The fourth-order valence-electron chi connectivity index (χ4n) is 0.851. The average molecular weight is 172 g/mol. The molecule has 2 amide bonds. The van der Waals surface area contributed by atoms with Crippen LogP contribution in [-0.2, 0) is 0 Å².